The van der Waals surface area contributed by atoms with Crippen molar-refractivity contribution in [3.63, 3.8) is 0 Å². The smallest absolute Gasteiger partial charge is 0.338 e. The van der Waals surface area contributed by atoms with E-state index in [1.807, 2.05) is 20.8 Å². The molecule has 0 aromatic carbocycles. The van der Waals surface area contributed by atoms with Gasteiger partial charge in [0.25, 0.3) is 0 Å². The summed E-state index contributed by atoms with van der Waals surface area (Å²) in [4.78, 5) is 11.4. The summed E-state index contributed by atoms with van der Waals surface area (Å²) in [6.07, 6.45) is -0.635. The van der Waals surface area contributed by atoms with Crippen LogP contribution in [0.2, 0.25) is 0 Å². The van der Waals surface area contributed by atoms with Gasteiger partial charge < -0.3 is 14.2 Å². The number of carbonyl (C=O) groups excluding carboxylic acids is 1. The van der Waals surface area contributed by atoms with Crippen molar-refractivity contribution in [1.29, 1.82) is 0 Å². The highest BCUT2D eigenvalue weighted by Crippen LogP contribution is 2.09. The number of ether oxygens (including phenoxy) is 3. The van der Waals surface area contributed by atoms with Crippen molar-refractivity contribution in [3.8, 4) is 0 Å². The first kappa shape index (κ1) is 12.4. The van der Waals surface area contributed by atoms with Crippen molar-refractivity contribution in [1.82, 2.24) is 0 Å². The minimum atomic E-state index is -0.635. The molecule has 0 fully saturated rings. The third kappa shape index (κ3) is 5.60. The van der Waals surface area contributed by atoms with Gasteiger partial charge in [-0.3, -0.25) is 0 Å². The molecule has 0 aromatic heterocycles. The van der Waals surface area contributed by atoms with Crippen LogP contribution in [0.3, 0.4) is 0 Å². The molecule has 0 saturated carbocycles. The molecule has 1 unspecified atom stereocenters. The predicted molar refractivity (Wildman–Crippen MR) is 48.5 cm³/mol. The minimum absolute atomic E-state index is 0.214. The van der Waals surface area contributed by atoms with Crippen LogP contribution in [-0.2, 0) is 19.0 Å². The zero-order valence-corrected chi connectivity index (χ0v) is 8.92. The molecule has 0 spiro atoms. The Labute approximate surface area is 79.2 Å². The average Bonchev–Trinajstić information content (AvgIpc) is 1.96. The first-order valence-corrected chi connectivity index (χ1v) is 4.15. The van der Waals surface area contributed by atoms with Gasteiger partial charge >= 0.3 is 5.97 Å². The fourth-order valence-electron chi connectivity index (χ4n) is 0.751. The van der Waals surface area contributed by atoms with Gasteiger partial charge in [-0.1, -0.05) is 0 Å². The molecular formula is C9H18O4. The summed E-state index contributed by atoms with van der Waals surface area (Å²) < 4.78 is 14.8. The van der Waals surface area contributed by atoms with Gasteiger partial charge in [0.05, 0.1) is 6.61 Å². The van der Waals surface area contributed by atoms with Crippen molar-refractivity contribution in [3.05, 3.63) is 0 Å². The number of methoxy groups -OCH3 is 2. The van der Waals surface area contributed by atoms with Crippen LogP contribution in [0.4, 0.5) is 0 Å². The molecule has 78 valence electrons. The molecule has 0 aliphatic heterocycles. The lowest BCUT2D eigenvalue weighted by atomic mass is 10.2. The lowest BCUT2D eigenvalue weighted by Gasteiger charge is -2.22. The van der Waals surface area contributed by atoms with Crippen molar-refractivity contribution in [2.75, 3.05) is 20.8 Å². The van der Waals surface area contributed by atoms with Gasteiger partial charge in [0.1, 0.15) is 5.60 Å². The maximum absolute atomic E-state index is 11.4. The molecule has 0 aliphatic carbocycles. The Bertz CT molecular complexity index is 159. The van der Waals surface area contributed by atoms with Crippen molar-refractivity contribution in [2.45, 2.75) is 32.5 Å². The van der Waals surface area contributed by atoms with E-state index in [0.717, 1.165) is 0 Å². The monoisotopic (exact) mass is 190 g/mol. The molecule has 1 atom stereocenters. The summed E-state index contributed by atoms with van der Waals surface area (Å²) in [5.74, 6) is -0.392. The second-order valence-electron chi connectivity index (χ2n) is 3.71. The molecule has 4 heteroatoms. The van der Waals surface area contributed by atoms with Gasteiger partial charge in [0, 0.05) is 14.2 Å². The standard InChI is InChI=1S/C9H18O4/c1-9(2,3)13-8(10)7(12-5)6-11-4/h7H,6H2,1-5H3. The number of esters is 1. The van der Waals surface area contributed by atoms with E-state index in [0.29, 0.717) is 0 Å². The normalized spacial score (nSPS) is 13.9. The Balaban J connectivity index is 4.06. The highest BCUT2D eigenvalue weighted by molar-refractivity contribution is 5.75. The summed E-state index contributed by atoms with van der Waals surface area (Å²) in [5, 5.41) is 0. The molecule has 0 radical (unpaired) electrons. The lowest BCUT2D eigenvalue weighted by Crippen LogP contribution is -2.35. The summed E-state index contributed by atoms with van der Waals surface area (Å²) in [5.41, 5.74) is -0.485. The van der Waals surface area contributed by atoms with Crippen molar-refractivity contribution < 1.29 is 19.0 Å². The maximum atomic E-state index is 11.4. The molecule has 0 heterocycles. The average molecular weight is 190 g/mol. The molecule has 0 saturated heterocycles. The molecule has 0 bridgehead atoms. The second-order valence-corrected chi connectivity index (χ2v) is 3.71. The highest BCUT2D eigenvalue weighted by atomic mass is 16.6. The van der Waals surface area contributed by atoms with E-state index < -0.39 is 17.7 Å². The Hall–Kier alpha value is -0.610. The summed E-state index contributed by atoms with van der Waals surface area (Å²) in [6, 6.07) is 0. The summed E-state index contributed by atoms with van der Waals surface area (Å²) in [7, 11) is 2.96. The molecular weight excluding hydrogens is 172 g/mol. The van der Waals surface area contributed by atoms with E-state index in [9.17, 15) is 4.79 Å². The second kappa shape index (κ2) is 5.19. The molecule has 0 amide bonds. The molecule has 13 heavy (non-hydrogen) atoms. The van der Waals surface area contributed by atoms with E-state index in [1.54, 1.807) is 0 Å². The van der Waals surface area contributed by atoms with Gasteiger partial charge in [0.2, 0.25) is 0 Å². The first-order valence-electron chi connectivity index (χ1n) is 4.15. The van der Waals surface area contributed by atoms with Crippen LogP contribution >= 0.6 is 0 Å². The molecule has 0 aromatic rings. The van der Waals surface area contributed by atoms with Crippen LogP contribution < -0.4 is 0 Å². The van der Waals surface area contributed by atoms with Gasteiger partial charge in [-0.05, 0) is 20.8 Å². The molecule has 0 N–H and O–H groups in total. The summed E-state index contributed by atoms with van der Waals surface area (Å²) in [6.45, 7) is 5.64. The summed E-state index contributed by atoms with van der Waals surface area (Å²) >= 11 is 0. The van der Waals surface area contributed by atoms with Gasteiger partial charge in [-0.25, -0.2) is 4.79 Å². The van der Waals surface area contributed by atoms with Crippen LogP contribution in [0.15, 0.2) is 0 Å². The van der Waals surface area contributed by atoms with Crippen LogP contribution in [0.25, 0.3) is 0 Å². The molecule has 0 rings (SSSR count). The predicted octanol–water partition coefficient (Wildman–Crippen LogP) is 0.989. The van der Waals surface area contributed by atoms with Crippen LogP contribution in [0, 0.1) is 0 Å². The lowest BCUT2D eigenvalue weighted by molar-refractivity contribution is -0.169. The van der Waals surface area contributed by atoms with Crippen molar-refractivity contribution in [2.24, 2.45) is 0 Å². The van der Waals surface area contributed by atoms with E-state index >= 15 is 0 Å². The third-order valence-corrected chi connectivity index (χ3v) is 1.27. The van der Waals surface area contributed by atoms with Crippen LogP contribution in [0.1, 0.15) is 20.8 Å². The van der Waals surface area contributed by atoms with E-state index in [4.69, 9.17) is 14.2 Å². The fraction of sp³-hybridized carbons (Fsp3) is 0.889. The Kier molecular flexibility index (Phi) is 4.95. The zero-order valence-electron chi connectivity index (χ0n) is 8.92. The van der Waals surface area contributed by atoms with E-state index in [-0.39, 0.29) is 6.61 Å². The molecule has 4 nitrogen and oxygen atoms in total. The fourth-order valence-corrected chi connectivity index (χ4v) is 0.751. The quantitative estimate of drug-likeness (QED) is 0.620. The number of rotatable bonds is 4. The number of hydrogen-bond donors (Lipinski definition) is 0. The van der Waals surface area contributed by atoms with E-state index in [2.05, 4.69) is 0 Å². The van der Waals surface area contributed by atoms with Gasteiger partial charge in [-0.15, -0.1) is 0 Å². The van der Waals surface area contributed by atoms with Crippen LogP contribution in [-0.4, -0.2) is 38.5 Å². The zero-order chi connectivity index (χ0) is 10.5. The van der Waals surface area contributed by atoms with Crippen LogP contribution in [0.5, 0.6) is 0 Å². The maximum Gasteiger partial charge on any atom is 0.338 e. The van der Waals surface area contributed by atoms with Gasteiger partial charge in [-0.2, -0.15) is 0 Å². The number of carbonyl (C=O) groups is 1. The van der Waals surface area contributed by atoms with E-state index in [1.165, 1.54) is 14.2 Å². The topological polar surface area (TPSA) is 44.8 Å². The van der Waals surface area contributed by atoms with Gasteiger partial charge in [0.15, 0.2) is 6.10 Å². The van der Waals surface area contributed by atoms with Crippen molar-refractivity contribution >= 4 is 5.97 Å². The Morgan fingerprint density at radius 1 is 1.31 bits per heavy atom. The minimum Gasteiger partial charge on any atom is -0.458 e. The first-order chi connectivity index (χ1) is 5.90. The highest BCUT2D eigenvalue weighted by Gasteiger charge is 2.24. The third-order valence-electron chi connectivity index (χ3n) is 1.27. The SMILES string of the molecule is COCC(OC)C(=O)OC(C)(C)C. The number of hydrogen-bond acceptors (Lipinski definition) is 4. The Morgan fingerprint density at radius 3 is 2.15 bits per heavy atom. The largest absolute Gasteiger partial charge is 0.458 e. The molecule has 0 aliphatic rings. The Morgan fingerprint density at radius 2 is 1.85 bits per heavy atom.